The maximum absolute atomic E-state index is 12.4. The minimum Gasteiger partial charge on any atom is -0.493 e. The van der Waals surface area contributed by atoms with Gasteiger partial charge in [-0.1, -0.05) is 12.1 Å². The summed E-state index contributed by atoms with van der Waals surface area (Å²) < 4.78 is 34.0. The van der Waals surface area contributed by atoms with Gasteiger partial charge in [-0.05, 0) is 35.9 Å². The maximum atomic E-state index is 12.4. The van der Waals surface area contributed by atoms with Gasteiger partial charge < -0.3 is 14.8 Å². The smallest absolute Gasteiger partial charge is 0.238 e. The first-order chi connectivity index (χ1) is 14.8. The molecule has 1 heterocycles. The Morgan fingerprint density at radius 3 is 2.29 bits per heavy atom. The molecule has 8 nitrogen and oxygen atoms in total. The molecule has 0 saturated carbocycles. The molecule has 2 aromatic rings. The van der Waals surface area contributed by atoms with Crippen LogP contribution in [0.4, 0.5) is 5.69 Å². The van der Waals surface area contributed by atoms with Gasteiger partial charge in [0, 0.05) is 44.7 Å². The average Bonchev–Trinajstić information content (AvgIpc) is 2.74. The van der Waals surface area contributed by atoms with Crippen LogP contribution in [-0.2, 0) is 21.2 Å². The van der Waals surface area contributed by atoms with E-state index in [1.54, 1.807) is 26.4 Å². The number of hydrogen-bond donors (Lipinski definition) is 1. The third-order valence-electron chi connectivity index (χ3n) is 5.23. The summed E-state index contributed by atoms with van der Waals surface area (Å²) in [6.07, 6.45) is 1.15. The third-order valence-corrected chi connectivity index (χ3v) is 6.34. The van der Waals surface area contributed by atoms with Gasteiger partial charge in [-0.25, -0.2) is 8.42 Å². The summed E-state index contributed by atoms with van der Waals surface area (Å²) in [7, 11) is -0.0627. The average molecular weight is 448 g/mol. The van der Waals surface area contributed by atoms with E-state index in [1.165, 1.54) is 12.1 Å². The highest BCUT2D eigenvalue weighted by Crippen LogP contribution is 2.28. The number of nitrogens with zero attached hydrogens (tertiary/aromatic N) is 2. The fourth-order valence-corrected chi connectivity index (χ4v) is 4.22. The monoisotopic (exact) mass is 447 g/mol. The first-order valence-electron chi connectivity index (χ1n) is 10.0. The van der Waals surface area contributed by atoms with E-state index in [4.69, 9.17) is 9.47 Å². The second kappa shape index (κ2) is 10.1. The number of benzene rings is 2. The zero-order valence-corrected chi connectivity index (χ0v) is 18.9. The van der Waals surface area contributed by atoms with Crippen molar-refractivity contribution in [3.05, 3.63) is 48.0 Å². The van der Waals surface area contributed by atoms with Crippen LogP contribution in [0.15, 0.2) is 47.4 Å². The number of ether oxygens (including phenoxy) is 2. The van der Waals surface area contributed by atoms with Gasteiger partial charge in [0.25, 0.3) is 0 Å². The van der Waals surface area contributed by atoms with E-state index in [0.29, 0.717) is 11.4 Å². The Balaban J connectivity index is 1.48. The number of carbonyl (C=O) groups is 1. The van der Waals surface area contributed by atoms with Crippen LogP contribution in [-0.4, -0.2) is 77.3 Å². The minimum absolute atomic E-state index is 0.154. The largest absolute Gasteiger partial charge is 0.493 e. The number of amides is 1. The molecule has 1 fully saturated rings. The molecule has 0 aromatic heterocycles. The predicted octanol–water partition coefficient (Wildman–Crippen LogP) is 1.86. The Kier molecular flexibility index (Phi) is 7.53. The quantitative estimate of drug-likeness (QED) is 0.661. The molecule has 168 valence electrons. The summed E-state index contributed by atoms with van der Waals surface area (Å²) in [6.45, 7) is 4.34. The highest BCUT2D eigenvalue weighted by molar-refractivity contribution is 7.90. The Labute approximate surface area is 183 Å². The van der Waals surface area contributed by atoms with E-state index in [2.05, 4.69) is 15.1 Å². The first kappa shape index (κ1) is 23.1. The lowest BCUT2D eigenvalue weighted by atomic mass is 10.1. The Hall–Kier alpha value is -2.62. The summed E-state index contributed by atoms with van der Waals surface area (Å²) in [4.78, 5) is 17.0. The Morgan fingerprint density at radius 1 is 0.968 bits per heavy atom. The van der Waals surface area contributed by atoms with Crippen molar-refractivity contribution in [2.75, 3.05) is 58.5 Å². The predicted molar refractivity (Wildman–Crippen MR) is 119 cm³/mol. The molecule has 2 aromatic carbocycles. The van der Waals surface area contributed by atoms with Crippen LogP contribution in [0.3, 0.4) is 0 Å². The third kappa shape index (κ3) is 6.43. The highest BCUT2D eigenvalue weighted by atomic mass is 32.2. The molecule has 9 heteroatoms. The molecule has 0 bridgehead atoms. The van der Waals surface area contributed by atoms with Crippen molar-refractivity contribution in [3.8, 4) is 11.5 Å². The van der Waals surface area contributed by atoms with Crippen molar-refractivity contribution in [2.24, 2.45) is 0 Å². The Morgan fingerprint density at radius 2 is 1.65 bits per heavy atom. The van der Waals surface area contributed by atoms with Crippen LogP contribution in [0.5, 0.6) is 11.5 Å². The van der Waals surface area contributed by atoms with Gasteiger partial charge in [-0.3, -0.25) is 14.6 Å². The van der Waals surface area contributed by atoms with Crippen molar-refractivity contribution in [1.29, 1.82) is 0 Å². The number of carbonyl (C=O) groups excluding carboxylic acids is 1. The van der Waals surface area contributed by atoms with Gasteiger partial charge in [0.05, 0.1) is 25.7 Å². The van der Waals surface area contributed by atoms with E-state index < -0.39 is 9.84 Å². The van der Waals surface area contributed by atoms with Crippen molar-refractivity contribution in [1.82, 2.24) is 9.80 Å². The number of piperazine rings is 1. The van der Waals surface area contributed by atoms with Gasteiger partial charge >= 0.3 is 0 Å². The molecule has 0 atom stereocenters. The van der Waals surface area contributed by atoms with E-state index in [1.807, 2.05) is 18.2 Å². The van der Waals surface area contributed by atoms with Crippen LogP contribution >= 0.6 is 0 Å². The molecule has 1 amide bonds. The van der Waals surface area contributed by atoms with E-state index in [0.717, 1.165) is 50.3 Å². The molecule has 1 N–H and O–H groups in total. The molecular weight excluding hydrogens is 418 g/mol. The van der Waals surface area contributed by atoms with Gasteiger partial charge in [-0.15, -0.1) is 0 Å². The van der Waals surface area contributed by atoms with Gasteiger partial charge in [0.1, 0.15) is 0 Å². The van der Waals surface area contributed by atoms with E-state index in [9.17, 15) is 13.2 Å². The van der Waals surface area contributed by atoms with Crippen molar-refractivity contribution in [3.63, 3.8) is 0 Å². The van der Waals surface area contributed by atoms with Crippen molar-refractivity contribution in [2.45, 2.75) is 11.4 Å². The number of anilines is 1. The standard InChI is InChI=1S/C22H29N3O5S/c1-29-20-8-7-17(13-21(20)30-2)15-24-9-11-25(12-10-24)16-22(26)23-18-5-4-6-19(14-18)31(3,27)28/h4-8,13-14H,9-12,15-16H2,1-3H3,(H,23,26). The van der Waals surface area contributed by atoms with Gasteiger partial charge in [-0.2, -0.15) is 0 Å². The maximum Gasteiger partial charge on any atom is 0.238 e. The summed E-state index contributed by atoms with van der Waals surface area (Å²) in [5.41, 5.74) is 1.63. The van der Waals surface area contributed by atoms with Crippen molar-refractivity contribution >= 4 is 21.4 Å². The van der Waals surface area contributed by atoms with Gasteiger partial charge in [0.15, 0.2) is 21.3 Å². The SMILES string of the molecule is COc1ccc(CN2CCN(CC(=O)Nc3cccc(S(C)(=O)=O)c3)CC2)cc1OC. The summed E-state index contributed by atoms with van der Waals surface area (Å²) in [5.74, 6) is 1.28. The van der Waals surface area contributed by atoms with Crippen LogP contribution in [0.2, 0.25) is 0 Å². The minimum atomic E-state index is -3.31. The Bertz CT molecular complexity index is 1020. The summed E-state index contributed by atoms with van der Waals surface area (Å²) in [6, 6.07) is 12.2. The molecule has 1 aliphatic rings. The number of sulfone groups is 1. The topological polar surface area (TPSA) is 88.2 Å². The molecule has 1 saturated heterocycles. The molecule has 31 heavy (non-hydrogen) atoms. The fraction of sp³-hybridized carbons (Fsp3) is 0.409. The lowest BCUT2D eigenvalue weighted by molar-refractivity contribution is -0.117. The van der Waals surface area contributed by atoms with Crippen LogP contribution < -0.4 is 14.8 Å². The second-order valence-corrected chi connectivity index (χ2v) is 9.61. The first-order valence-corrected chi connectivity index (χ1v) is 11.9. The second-order valence-electron chi connectivity index (χ2n) is 7.59. The number of hydrogen-bond acceptors (Lipinski definition) is 7. The number of rotatable bonds is 8. The normalized spacial score (nSPS) is 15.5. The number of nitrogens with one attached hydrogen (secondary N) is 1. The van der Waals surface area contributed by atoms with Crippen LogP contribution in [0.1, 0.15) is 5.56 Å². The fourth-order valence-electron chi connectivity index (χ4n) is 3.55. The van der Waals surface area contributed by atoms with E-state index in [-0.39, 0.29) is 17.3 Å². The zero-order valence-electron chi connectivity index (χ0n) is 18.1. The van der Waals surface area contributed by atoms with Crippen LogP contribution in [0.25, 0.3) is 0 Å². The van der Waals surface area contributed by atoms with E-state index >= 15 is 0 Å². The molecule has 0 radical (unpaired) electrons. The molecule has 0 aliphatic carbocycles. The molecule has 0 unspecified atom stereocenters. The summed E-state index contributed by atoms with van der Waals surface area (Å²) in [5, 5.41) is 2.79. The molecule has 1 aliphatic heterocycles. The molecular formula is C22H29N3O5S. The number of methoxy groups -OCH3 is 2. The highest BCUT2D eigenvalue weighted by Gasteiger charge is 2.20. The van der Waals surface area contributed by atoms with Crippen molar-refractivity contribution < 1.29 is 22.7 Å². The lowest BCUT2D eigenvalue weighted by Crippen LogP contribution is -2.48. The molecule has 0 spiro atoms. The summed E-state index contributed by atoms with van der Waals surface area (Å²) >= 11 is 0. The molecule has 3 rings (SSSR count). The lowest BCUT2D eigenvalue weighted by Gasteiger charge is -2.34. The van der Waals surface area contributed by atoms with Crippen LogP contribution in [0, 0.1) is 0 Å². The zero-order chi connectivity index (χ0) is 22.4. The van der Waals surface area contributed by atoms with Gasteiger partial charge in [0.2, 0.25) is 5.91 Å².